The van der Waals surface area contributed by atoms with Crippen molar-refractivity contribution in [1.82, 2.24) is 5.32 Å². The van der Waals surface area contributed by atoms with Gasteiger partial charge in [-0.1, -0.05) is 6.07 Å². The highest BCUT2D eigenvalue weighted by Crippen LogP contribution is 2.37. The summed E-state index contributed by atoms with van der Waals surface area (Å²) in [5.74, 6) is 0.470. The van der Waals surface area contributed by atoms with Gasteiger partial charge in [0, 0.05) is 7.05 Å². The lowest BCUT2D eigenvalue weighted by atomic mass is 9.79. The molecule has 1 aliphatic heterocycles. The van der Waals surface area contributed by atoms with Gasteiger partial charge < -0.3 is 24.1 Å². The summed E-state index contributed by atoms with van der Waals surface area (Å²) < 4.78 is 22.9. The van der Waals surface area contributed by atoms with Crippen LogP contribution in [0.15, 0.2) is 18.2 Å². The monoisotopic (exact) mass is 346 g/mol. The number of hydrogen-bond donors (Lipinski definition) is 1. The maximum Gasteiger partial charge on any atom is 0.494 e. The second kappa shape index (κ2) is 7.34. The molecule has 0 aliphatic carbocycles. The average Bonchev–Trinajstić information content (AvgIpc) is 2.78. The Hall–Kier alpha value is -2.24. The van der Waals surface area contributed by atoms with Gasteiger partial charge in [0.05, 0.1) is 11.2 Å². The molecule has 1 fully saturated rings. The first kappa shape index (κ1) is 19.1. The summed E-state index contributed by atoms with van der Waals surface area (Å²) in [6, 6.07) is 7.09. The van der Waals surface area contributed by atoms with Gasteiger partial charge in [0.15, 0.2) is 24.7 Å². The minimum atomic E-state index is -0.553. The van der Waals surface area contributed by atoms with Gasteiger partial charge in [-0.2, -0.15) is 5.26 Å². The molecule has 25 heavy (non-hydrogen) atoms. The summed E-state index contributed by atoms with van der Waals surface area (Å²) in [7, 11) is 0.975. The fourth-order valence-electron chi connectivity index (χ4n) is 2.21. The Labute approximate surface area is 148 Å². The molecule has 1 heterocycles. The molecule has 1 aromatic carbocycles. The summed E-state index contributed by atoms with van der Waals surface area (Å²) >= 11 is 0. The zero-order chi connectivity index (χ0) is 18.7. The van der Waals surface area contributed by atoms with Crippen LogP contribution in [0.2, 0.25) is 0 Å². The SMILES string of the molecule is CNC(=O)COc1ccc(B2OC(C)(C)C(C)(C)O2)cc1OCC#N. The second-order valence-corrected chi connectivity index (χ2v) is 6.70. The lowest BCUT2D eigenvalue weighted by Crippen LogP contribution is -2.41. The number of carbonyl (C=O) groups excluding carboxylic acids is 1. The largest absolute Gasteiger partial charge is 0.494 e. The van der Waals surface area contributed by atoms with Gasteiger partial charge in [-0.3, -0.25) is 4.79 Å². The van der Waals surface area contributed by atoms with Gasteiger partial charge in [0.2, 0.25) is 0 Å². The van der Waals surface area contributed by atoms with Crippen molar-refractivity contribution in [1.29, 1.82) is 5.26 Å². The number of likely N-dealkylation sites (N-methyl/N-ethyl adjacent to an activating group) is 1. The zero-order valence-corrected chi connectivity index (χ0v) is 15.2. The van der Waals surface area contributed by atoms with E-state index in [0.717, 1.165) is 5.46 Å². The molecule has 7 nitrogen and oxygen atoms in total. The van der Waals surface area contributed by atoms with Crippen molar-refractivity contribution < 1.29 is 23.6 Å². The van der Waals surface area contributed by atoms with Gasteiger partial charge in [-0.15, -0.1) is 0 Å². The third-order valence-electron chi connectivity index (χ3n) is 4.42. The van der Waals surface area contributed by atoms with Crippen molar-refractivity contribution in [3.05, 3.63) is 18.2 Å². The number of nitrogens with one attached hydrogen (secondary N) is 1. The van der Waals surface area contributed by atoms with Crippen molar-refractivity contribution in [3.63, 3.8) is 0 Å². The molecule has 1 N–H and O–H groups in total. The second-order valence-electron chi connectivity index (χ2n) is 6.70. The van der Waals surface area contributed by atoms with Crippen LogP contribution >= 0.6 is 0 Å². The van der Waals surface area contributed by atoms with E-state index in [1.54, 1.807) is 18.2 Å². The van der Waals surface area contributed by atoms with E-state index in [9.17, 15) is 4.79 Å². The number of hydrogen-bond acceptors (Lipinski definition) is 6. The molecule has 0 unspecified atom stereocenters. The first-order chi connectivity index (χ1) is 11.7. The van der Waals surface area contributed by atoms with Crippen LogP contribution in [0.3, 0.4) is 0 Å². The van der Waals surface area contributed by atoms with Crippen LogP contribution in [0.1, 0.15) is 27.7 Å². The first-order valence-corrected chi connectivity index (χ1v) is 8.03. The molecule has 0 spiro atoms. The first-order valence-electron chi connectivity index (χ1n) is 8.03. The lowest BCUT2D eigenvalue weighted by Gasteiger charge is -2.32. The summed E-state index contributed by atoms with van der Waals surface area (Å²) in [5, 5.41) is 11.2. The van der Waals surface area contributed by atoms with Gasteiger partial charge in [0.25, 0.3) is 5.91 Å². The van der Waals surface area contributed by atoms with Crippen LogP contribution in [0.25, 0.3) is 0 Å². The molecule has 0 bridgehead atoms. The van der Waals surface area contributed by atoms with Crippen molar-refractivity contribution in [2.24, 2.45) is 0 Å². The topological polar surface area (TPSA) is 89.8 Å². The smallest absolute Gasteiger partial charge is 0.480 e. The maximum atomic E-state index is 11.4. The fraction of sp³-hybridized carbons (Fsp3) is 0.529. The third-order valence-corrected chi connectivity index (χ3v) is 4.42. The molecule has 1 aliphatic rings. The zero-order valence-electron chi connectivity index (χ0n) is 15.2. The molecule has 0 aromatic heterocycles. The van der Waals surface area contributed by atoms with E-state index in [-0.39, 0.29) is 19.1 Å². The van der Waals surface area contributed by atoms with Crippen molar-refractivity contribution in [2.45, 2.75) is 38.9 Å². The summed E-state index contributed by atoms with van der Waals surface area (Å²) in [6.45, 7) is 7.61. The number of nitrogens with zero attached hydrogens (tertiary/aromatic N) is 1. The Morgan fingerprint density at radius 3 is 2.40 bits per heavy atom. The Morgan fingerprint density at radius 2 is 1.84 bits per heavy atom. The lowest BCUT2D eigenvalue weighted by molar-refractivity contribution is -0.122. The van der Waals surface area contributed by atoms with Crippen molar-refractivity contribution in [2.75, 3.05) is 20.3 Å². The van der Waals surface area contributed by atoms with Gasteiger partial charge >= 0.3 is 7.12 Å². The molecule has 1 amide bonds. The summed E-state index contributed by atoms with van der Waals surface area (Å²) in [4.78, 5) is 11.4. The molecule has 1 aromatic rings. The van der Waals surface area contributed by atoms with Crippen LogP contribution in [-0.4, -0.2) is 44.5 Å². The van der Waals surface area contributed by atoms with E-state index >= 15 is 0 Å². The molecule has 0 radical (unpaired) electrons. The molecular weight excluding hydrogens is 323 g/mol. The van der Waals surface area contributed by atoms with E-state index in [1.807, 2.05) is 33.8 Å². The quantitative estimate of drug-likeness (QED) is 0.774. The fourth-order valence-corrected chi connectivity index (χ4v) is 2.21. The number of carbonyl (C=O) groups is 1. The standard InChI is InChI=1S/C17H23BN2O5/c1-16(2)17(3,4)25-18(24-16)12-6-7-13(23-11-15(21)20-5)14(10-12)22-9-8-19/h6-7,10H,9,11H2,1-5H3,(H,20,21). The van der Waals surface area contributed by atoms with E-state index in [4.69, 9.17) is 24.0 Å². The summed E-state index contributed by atoms with van der Waals surface area (Å²) in [5.41, 5.74) is -0.168. The highest BCUT2D eigenvalue weighted by molar-refractivity contribution is 6.62. The maximum absolute atomic E-state index is 11.4. The minimum absolute atomic E-state index is 0.136. The van der Waals surface area contributed by atoms with Gasteiger partial charge in [-0.25, -0.2) is 0 Å². The van der Waals surface area contributed by atoms with E-state index < -0.39 is 18.3 Å². The Balaban J connectivity index is 2.23. The minimum Gasteiger partial charge on any atom is -0.480 e. The average molecular weight is 346 g/mol. The van der Waals surface area contributed by atoms with Crippen LogP contribution in [0, 0.1) is 11.3 Å². The van der Waals surface area contributed by atoms with Crippen molar-refractivity contribution in [3.8, 4) is 17.6 Å². The van der Waals surface area contributed by atoms with Crippen molar-refractivity contribution >= 4 is 18.5 Å². The predicted octanol–water partition coefficient (Wildman–Crippen LogP) is 1.01. The molecule has 0 saturated carbocycles. The van der Waals surface area contributed by atoms with E-state index in [1.165, 1.54) is 7.05 Å². The van der Waals surface area contributed by atoms with Gasteiger partial charge in [0.1, 0.15) is 6.07 Å². The molecule has 8 heteroatoms. The highest BCUT2D eigenvalue weighted by Gasteiger charge is 2.51. The third kappa shape index (κ3) is 4.24. The Bertz CT molecular complexity index is 668. The Morgan fingerprint density at radius 1 is 1.20 bits per heavy atom. The Kier molecular flexibility index (Phi) is 5.60. The molecule has 0 atom stereocenters. The number of rotatable bonds is 6. The van der Waals surface area contributed by atoms with E-state index in [0.29, 0.717) is 11.5 Å². The van der Waals surface area contributed by atoms with E-state index in [2.05, 4.69) is 5.32 Å². The number of nitriles is 1. The number of benzene rings is 1. The molecular formula is C17H23BN2O5. The predicted molar refractivity (Wildman–Crippen MR) is 92.8 cm³/mol. The number of amides is 1. The van der Waals surface area contributed by atoms with Crippen LogP contribution in [0.4, 0.5) is 0 Å². The van der Waals surface area contributed by atoms with Gasteiger partial charge in [-0.05, 0) is 45.3 Å². The molecule has 1 saturated heterocycles. The number of ether oxygens (including phenoxy) is 2. The molecule has 2 rings (SSSR count). The normalized spacial score (nSPS) is 17.7. The van der Waals surface area contributed by atoms with Crippen LogP contribution in [-0.2, 0) is 14.1 Å². The summed E-state index contributed by atoms with van der Waals surface area (Å²) in [6.07, 6.45) is 0. The van der Waals surface area contributed by atoms with Crippen LogP contribution < -0.4 is 20.3 Å². The highest BCUT2D eigenvalue weighted by atomic mass is 16.7. The van der Waals surface area contributed by atoms with Crippen LogP contribution in [0.5, 0.6) is 11.5 Å². The molecule has 134 valence electrons.